The van der Waals surface area contributed by atoms with Gasteiger partial charge >= 0.3 is 0 Å². The topological polar surface area (TPSA) is 60.3 Å². The van der Waals surface area contributed by atoms with Crippen molar-refractivity contribution in [2.75, 3.05) is 0 Å². The third-order valence-corrected chi connectivity index (χ3v) is 17.0. The van der Waals surface area contributed by atoms with Crippen molar-refractivity contribution in [3.63, 3.8) is 0 Å². The first-order valence-corrected chi connectivity index (χ1v) is 29.3. The predicted octanol–water partition coefficient (Wildman–Crippen LogP) is 22.3. The standard InChI is InChI=1S/C82H48N6/c1-83-81-73(65-43-41-63-67(51-25-9-3-10-26-51)49-71(53-29-13-5-14-30-53)85-77(63)79(65)87-75(81)55-33-17-7-18-34-55)69-47-59(45-57-37-21-23-39-61(57)69)60-46-58-38-22-24-40-62(58)70(48-60)74-66-44-42-64-68(52-27-11-4-12-28-52)50-72(54-31-15-6-16-32-54)86-78(64)80(66)88-76(82(74)84-2)56-35-19-8-20-36-56/h3-50H. The second-order valence-electron chi connectivity index (χ2n) is 22.1. The molecule has 0 saturated carbocycles. The Labute approximate surface area is 508 Å². The van der Waals surface area contributed by atoms with E-state index in [0.29, 0.717) is 33.8 Å². The molecule has 0 spiro atoms. The number of hydrogen-bond donors (Lipinski definition) is 0. The number of nitrogens with zero attached hydrogens (tertiary/aromatic N) is 6. The molecule has 12 aromatic carbocycles. The SMILES string of the molecule is [C-]#[N+]c1c(-c2ccccc2)nc2c(ccc3c(-c4ccccc4)cc(-c4ccccc4)nc32)c1-c1cc(-c2cc(-c3c([N+]#[C-])c(-c4ccccc4)nc4c3ccc3c(-c5ccccc5)cc(-c5ccccc5)nc34)c3ccccc3c2)cc2ccccc12. The third-order valence-electron chi connectivity index (χ3n) is 17.0. The molecule has 0 amide bonds. The number of rotatable bonds is 9. The van der Waals surface area contributed by atoms with Crippen LogP contribution in [0.25, 0.3) is 176 Å². The molecule has 0 bridgehead atoms. The zero-order valence-corrected chi connectivity index (χ0v) is 47.4. The van der Waals surface area contributed by atoms with Crippen LogP contribution in [0.5, 0.6) is 0 Å². The molecular formula is C82H48N6. The van der Waals surface area contributed by atoms with E-state index in [1.54, 1.807) is 0 Å². The van der Waals surface area contributed by atoms with Crippen molar-refractivity contribution < 1.29 is 0 Å². The van der Waals surface area contributed by atoms with Gasteiger partial charge in [0.15, 0.2) is 0 Å². The van der Waals surface area contributed by atoms with Gasteiger partial charge in [-0.1, -0.05) is 255 Å². The molecule has 0 aliphatic carbocycles. The predicted molar refractivity (Wildman–Crippen MR) is 364 cm³/mol. The Morgan fingerprint density at radius 2 is 0.534 bits per heavy atom. The van der Waals surface area contributed by atoms with Gasteiger partial charge in [0.25, 0.3) is 0 Å². The molecule has 16 aromatic rings. The maximum atomic E-state index is 9.18. The summed E-state index contributed by atoms with van der Waals surface area (Å²) in [5.41, 5.74) is 19.7. The Kier molecular flexibility index (Phi) is 12.5. The van der Waals surface area contributed by atoms with E-state index in [1.807, 2.05) is 109 Å². The van der Waals surface area contributed by atoms with Gasteiger partial charge in [-0.15, -0.1) is 0 Å². The molecule has 6 nitrogen and oxygen atoms in total. The summed E-state index contributed by atoms with van der Waals surface area (Å²) in [7, 11) is 0. The van der Waals surface area contributed by atoms with E-state index in [4.69, 9.17) is 19.9 Å². The minimum atomic E-state index is 0.451. The highest BCUT2D eigenvalue weighted by molar-refractivity contribution is 6.21. The van der Waals surface area contributed by atoms with Crippen molar-refractivity contribution in [2.45, 2.75) is 0 Å². The van der Waals surface area contributed by atoms with Gasteiger partial charge in [0.05, 0.1) is 58.0 Å². The van der Waals surface area contributed by atoms with Gasteiger partial charge in [0.1, 0.15) is 0 Å². The normalized spacial score (nSPS) is 11.4. The van der Waals surface area contributed by atoms with Crippen molar-refractivity contribution in [2.24, 2.45) is 0 Å². The number of hydrogen-bond acceptors (Lipinski definition) is 4. The van der Waals surface area contributed by atoms with Gasteiger partial charge in [-0.05, 0) is 135 Å². The summed E-state index contributed by atoms with van der Waals surface area (Å²) in [5, 5.41) is 7.56. The van der Waals surface area contributed by atoms with Gasteiger partial charge < -0.3 is 0 Å². The fourth-order valence-electron chi connectivity index (χ4n) is 13.0. The Morgan fingerprint density at radius 1 is 0.227 bits per heavy atom. The Balaban J connectivity index is 0.993. The van der Waals surface area contributed by atoms with E-state index in [9.17, 15) is 13.1 Å². The van der Waals surface area contributed by atoms with E-state index in [-0.39, 0.29) is 0 Å². The van der Waals surface area contributed by atoms with Gasteiger partial charge in [-0.25, -0.2) is 19.7 Å². The molecule has 406 valence electrons. The minimum absolute atomic E-state index is 0.451. The minimum Gasteiger partial charge on any atom is -0.257 e. The summed E-state index contributed by atoms with van der Waals surface area (Å²) < 4.78 is 0. The lowest BCUT2D eigenvalue weighted by Crippen LogP contribution is -1.97. The Bertz CT molecular complexity index is 5200. The lowest BCUT2D eigenvalue weighted by molar-refractivity contribution is 1.37. The molecule has 4 heterocycles. The summed E-state index contributed by atoms with van der Waals surface area (Å²) in [6.07, 6.45) is 0. The van der Waals surface area contributed by atoms with Gasteiger partial charge in [0, 0.05) is 21.9 Å². The molecule has 16 rings (SSSR count). The van der Waals surface area contributed by atoms with Crippen molar-refractivity contribution >= 4 is 76.5 Å². The number of fused-ring (bicyclic) bond motifs is 8. The summed E-state index contributed by atoms with van der Waals surface area (Å²) in [4.78, 5) is 31.1. The first-order chi connectivity index (χ1) is 43.6. The van der Waals surface area contributed by atoms with Crippen LogP contribution >= 0.6 is 0 Å². The largest absolute Gasteiger partial charge is 0.257 e. The average molecular weight is 1120 g/mol. The Morgan fingerprint density at radius 3 is 0.898 bits per heavy atom. The smallest absolute Gasteiger partial charge is 0.221 e. The molecule has 0 aliphatic rings. The number of pyridine rings is 4. The van der Waals surface area contributed by atoms with Crippen molar-refractivity contribution in [3.8, 4) is 101 Å². The van der Waals surface area contributed by atoms with Gasteiger partial charge in [0.2, 0.25) is 11.4 Å². The maximum Gasteiger partial charge on any atom is 0.221 e. The second-order valence-corrected chi connectivity index (χ2v) is 22.1. The molecule has 0 atom stereocenters. The van der Waals surface area contributed by atoms with Gasteiger partial charge in [-0.3, -0.25) is 9.97 Å². The third kappa shape index (κ3) is 8.71. The summed E-state index contributed by atoms with van der Waals surface area (Å²) in [6.45, 7) is 18.4. The second kappa shape index (κ2) is 21.4. The van der Waals surface area contributed by atoms with Crippen LogP contribution < -0.4 is 0 Å². The van der Waals surface area contributed by atoms with Crippen LogP contribution in [0.3, 0.4) is 0 Å². The first-order valence-electron chi connectivity index (χ1n) is 29.3. The van der Waals surface area contributed by atoms with E-state index >= 15 is 0 Å². The average Bonchev–Trinajstić information content (AvgIpc) is 0.954. The first kappa shape index (κ1) is 51.4. The number of benzene rings is 12. The van der Waals surface area contributed by atoms with Crippen molar-refractivity contribution in [1.29, 1.82) is 0 Å². The number of aromatic nitrogens is 4. The monoisotopic (exact) mass is 1120 g/mol. The van der Waals surface area contributed by atoms with Crippen LogP contribution in [0.4, 0.5) is 11.4 Å². The van der Waals surface area contributed by atoms with E-state index in [2.05, 4.69) is 192 Å². The van der Waals surface area contributed by atoms with Crippen LogP contribution in [-0.4, -0.2) is 19.9 Å². The van der Waals surface area contributed by atoms with Crippen LogP contribution in [0.2, 0.25) is 0 Å². The Hall–Kier alpha value is -12.2. The highest BCUT2D eigenvalue weighted by Gasteiger charge is 2.27. The lowest BCUT2D eigenvalue weighted by atomic mass is 9.86. The van der Waals surface area contributed by atoms with Gasteiger partial charge in [-0.2, -0.15) is 0 Å². The summed E-state index contributed by atoms with van der Waals surface area (Å²) >= 11 is 0. The zero-order chi connectivity index (χ0) is 58.7. The summed E-state index contributed by atoms with van der Waals surface area (Å²) in [5.74, 6) is 0. The van der Waals surface area contributed by atoms with E-state index in [0.717, 1.165) is 143 Å². The lowest BCUT2D eigenvalue weighted by Gasteiger charge is -2.20. The van der Waals surface area contributed by atoms with E-state index < -0.39 is 0 Å². The highest BCUT2D eigenvalue weighted by atomic mass is 14.8. The van der Waals surface area contributed by atoms with E-state index in [1.165, 1.54) is 0 Å². The van der Waals surface area contributed by atoms with Crippen LogP contribution in [-0.2, 0) is 0 Å². The molecule has 0 saturated heterocycles. The fraction of sp³-hybridized carbons (Fsp3) is 0. The van der Waals surface area contributed by atoms with Crippen LogP contribution in [0.1, 0.15) is 0 Å². The summed E-state index contributed by atoms with van der Waals surface area (Å²) in [6, 6.07) is 101. The molecule has 0 N–H and O–H groups in total. The molecule has 4 aromatic heterocycles. The molecule has 0 fully saturated rings. The molecule has 0 unspecified atom stereocenters. The molecule has 0 aliphatic heterocycles. The molecule has 0 radical (unpaired) electrons. The van der Waals surface area contributed by atoms with Crippen molar-refractivity contribution in [3.05, 3.63) is 314 Å². The van der Waals surface area contributed by atoms with Crippen LogP contribution in [0, 0.1) is 13.1 Å². The fourth-order valence-corrected chi connectivity index (χ4v) is 13.0. The maximum absolute atomic E-state index is 9.18. The van der Waals surface area contributed by atoms with Crippen LogP contribution in [0.15, 0.2) is 291 Å². The quantitative estimate of drug-likeness (QED) is 0.107. The molecular weight excluding hydrogens is 1070 g/mol. The zero-order valence-electron chi connectivity index (χ0n) is 47.4. The highest BCUT2D eigenvalue weighted by Crippen LogP contribution is 2.51. The molecule has 88 heavy (non-hydrogen) atoms. The van der Waals surface area contributed by atoms with Crippen molar-refractivity contribution in [1.82, 2.24) is 19.9 Å². The molecule has 6 heteroatoms.